The maximum Gasteiger partial charge on any atom is 0.104 e. The molecule has 197 valence electrons. The number of aryl methyl sites for hydroxylation is 12. The van der Waals surface area contributed by atoms with Gasteiger partial charge < -0.3 is 0 Å². The quantitative estimate of drug-likeness (QED) is 0.256. The smallest absolute Gasteiger partial charge is 0.0565 e. The summed E-state index contributed by atoms with van der Waals surface area (Å²) in [5.74, 6) is 0. The molecule has 0 aromatic heterocycles. The van der Waals surface area contributed by atoms with E-state index in [0.717, 1.165) is 0 Å². The Morgan fingerprint density at radius 3 is 0.842 bits per heavy atom. The molecule has 2 heteroatoms. The van der Waals surface area contributed by atoms with E-state index in [2.05, 4.69) is 132 Å². The fraction of sp³-hybridized carbons (Fsp3) is 0.333. The zero-order valence-electron chi connectivity index (χ0n) is 26.6. The molecule has 0 bridgehead atoms. The Balaban J connectivity index is 0.000000216. The van der Waals surface area contributed by atoms with Gasteiger partial charge >= 0.3 is 123 Å². The first kappa shape index (κ1) is 28.6. The summed E-state index contributed by atoms with van der Waals surface area (Å²) in [7, 11) is -1.45. The standard InChI is InChI=1S/C18H22Ge.C18H23Si/c2*1-11-7-13(3)17(14(4)8-11)19-18-15(5)9-12(2)10-16(18)6/h7-10H,1-6H3;7-10,19H,1-6H3/i;19D. The number of hydrogen-bond donors (Lipinski definition) is 0. The van der Waals surface area contributed by atoms with Gasteiger partial charge in [0.1, 0.15) is 9.45 Å². The largest absolute Gasteiger partial charge is 0.104 e. The van der Waals surface area contributed by atoms with E-state index in [1.165, 1.54) is 77.1 Å². The molecule has 0 unspecified atom stereocenters. The monoisotopic (exact) mass is 580 g/mol. The fourth-order valence-electron chi connectivity index (χ4n) is 5.76. The molecule has 0 N–H and O–H groups in total. The molecule has 38 heavy (non-hydrogen) atoms. The molecule has 0 aliphatic carbocycles. The van der Waals surface area contributed by atoms with E-state index >= 15 is 0 Å². The maximum atomic E-state index is 8.86. The molecule has 4 rings (SSSR count). The molecule has 0 atom stereocenters. The Morgan fingerprint density at radius 2 is 0.605 bits per heavy atom. The van der Waals surface area contributed by atoms with Gasteiger partial charge in [-0.15, -0.1) is 0 Å². The third kappa shape index (κ3) is 7.39. The average Bonchev–Trinajstić information content (AvgIpc) is 2.76. The zero-order valence-corrected chi connectivity index (χ0v) is 28.7. The molecule has 0 saturated carbocycles. The number of rotatable bonds is 4. The van der Waals surface area contributed by atoms with E-state index in [9.17, 15) is 0 Å². The van der Waals surface area contributed by atoms with E-state index in [1.54, 1.807) is 8.79 Å². The van der Waals surface area contributed by atoms with Gasteiger partial charge in [0.15, 0.2) is 0 Å². The van der Waals surface area contributed by atoms with Crippen LogP contribution in [-0.2, 0) is 0 Å². The van der Waals surface area contributed by atoms with Gasteiger partial charge in [0.25, 0.3) is 0 Å². The van der Waals surface area contributed by atoms with Gasteiger partial charge in [-0.3, -0.25) is 0 Å². The van der Waals surface area contributed by atoms with E-state index in [1.807, 2.05) is 0 Å². The summed E-state index contributed by atoms with van der Waals surface area (Å²) in [6.07, 6.45) is 0. The van der Waals surface area contributed by atoms with E-state index in [4.69, 9.17) is 1.23 Å². The molecule has 4 aromatic carbocycles. The molecule has 0 amide bonds. The number of benzene rings is 4. The van der Waals surface area contributed by atoms with Crippen LogP contribution in [0.15, 0.2) is 48.5 Å². The SMILES string of the molecule is Cc1cc(C)[c]([Ge][c]2c(C)cc(C)cc2C)c(C)c1.[2H][Si](c1c(C)cc(C)cc1C)c1c(C)cc(C)cc1C. The summed E-state index contributed by atoms with van der Waals surface area (Å²) in [5.41, 5.74) is 16.3. The van der Waals surface area contributed by atoms with Gasteiger partial charge in [-0.1, -0.05) is 68.0 Å². The van der Waals surface area contributed by atoms with Crippen molar-refractivity contribution in [3.8, 4) is 0 Å². The van der Waals surface area contributed by atoms with Gasteiger partial charge in [-0.2, -0.15) is 0 Å². The summed E-state index contributed by atoms with van der Waals surface area (Å²) in [4.78, 5) is 0. The Bertz CT molecular complexity index is 1310. The maximum absolute atomic E-state index is 8.86. The molecule has 3 radical (unpaired) electrons. The summed E-state index contributed by atoms with van der Waals surface area (Å²) in [6, 6.07) is 18.1. The van der Waals surface area contributed by atoms with Crippen molar-refractivity contribution in [3.63, 3.8) is 0 Å². The molecule has 0 nitrogen and oxygen atoms in total. The van der Waals surface area contributed by atoms with Crippen molar-refractivity contribution in [1.29, 1.82) is 1.23 Å². The fourth-order valence-corrected chi connectivity index (χ4v) is 9.87. The van der Waals surface area contributed by atoms with Crippen molar-refractivity contribution in [2.45, 2.75) is 83.1 Å². The van der Waals surface area contributed by atoms with E-state index in [0.29, 0.717) is 0 Å². The first-order valence-corrected chi connectivity index (χ1v) is 16.7. The molecule has 0 fully saturated rings. The van der Waals surface area contributed by atoms with E-state index < -0.39 is 9.45 Å². The van der Waals surface area contributed by atoms with Crippen LogP contribution in [0, 0.1) is 83.1 Å². The minimum Gasteiger partial charge on any atom is -0.0565 e. The van der Waals surface area contributed by atoms with Gasteiger partial charge in [0.05, 0.1) is 0 Å². The van der Waals surface area contributed by atoms with Crippen LogP contribution in [0.2, 0.25) is 0 Å². The van der Waals surface area contributed by atoms with E-state index in [-0.39, 0.29) is 15.4 Å². The third-order valence-electron chi connectivity index (χ3n) is 7.21. The predicted molar refractivity (Wildman–Crippen MR) is 174 cm³/mol. The van der Waals surface area contributed by atoms with Crippen LogP contribution in [0.1, 0.15) is 66.8 Å². The molecular weight excluding hydrogens is 533 g/mol. The summed E-state index contributed by atoms with van der Waals surface area (Å²) in [6.45, 7) is 26.3. The molecule has 0 aliphatic heterocycles. The normalized spacial score (nSPS) is 11.3. The second-order valence-electron chi connectivity index (χ2n) is 11.3. The summed E-state index contributed by atoms with van der Waals surface area (Å²) in [5, 5.41) is 2.52. The topological polar surface area (TPSA) is 0 Å². The average molecular weight is 579 g/mol. The second kappa shape index (κ2) is 12.7. The van der Waals surface area contributed by atoms with Crippen LogP contribution in [-0.4, -0.2) is 26.1 Å². The van der Waals surface area contributed by atoms with Crippen molar-refractivity contribution in [1.82, 2.24) is 0 Å². The van der Waals surface area contributed by atoms with Gasteiger partial charge in [0, 0.05) is 1.23 Å². The predicted octanol–water partition coefficient (Wildman–Crippen LogP) is 6.12. The van der Waals surface area contributed by atoms with Gasteiger partial charge in [-0.05, 0) is 41.5 Å². The Kier molecular flexibility index (Phi) is 9.54. The van der Waals surface area contributed by atoms with Gasteiger partial charge in [-0.25, -0.2) is 0 Å². The molecule has 0 heterocycles. The van der Waals surface area contributed by atoms with Crippen molar-refractivity contribution < 1.29 is 0 Å². The first-order chi connectivity index (χ1) is 18.2. The van der Waals surface area contributed by atoms with Crippen LogP contribution in [0.25, 0.3) is 0 Å². The van der Waals surface area contributed by atoms with Crippen LogP contribution < -0.4 is 19.2 Å². The minimum atomic E-state index is -1.45. The summed E-state index contributed by atoms with van der Waals surface area (Å²) < 4.78 is 12.1. The van der Waals surface area contributed by atoms with Crippen molar-refractivity contribution >= 4 is 44.0 Å². The van der Waals surface area contributed by atoms with Crippen LogP contribution in [0.3, 0.4) is 0 Å². The Morgan fingerprint density at radius 1 is 0.395 bits per heavy atom. The first-order valence-electron chi connectivity index (χ1n) is 14.1. The molecule has 0 spiro atoms. The zero-order chi connectivity index (χ0) is 29.2. The second-order valence-corrected chi connectivity index (χ2v) is 15.2. The van der Waals surface area contributed by atoms with Crippen molar-refractivity contribution in [2.75, 3.05) is 0 Å². The molecule has 0 saturated heterocycles. The molecular formula is C36H45GeSi. The van der Waals surface area contributed by atoms with Crippen LogP contribution >= 0.6 is 0 Å². The number of hydrogen-bond acceptors (Lipinski definition) is 0. The van der Waals surface area contributed by atoms with Crippen molar-refractivity contribution in [2.24, 2.45) is 0 Å². The Hall–Kier alpha value is -2.36. The van der Waals surface area contributed by atoms with Crippen LogP contribution in [0.5, 0.6) is 0 Å². The summed E-state index contributed by atoms with van der Waals surface area (Å²) >= 11 is -0.239. The Labute approximate surface area is 242 Å². The van der Waals surface area contributed by atoms with Crippen LogP contribution in [0.4, 0.5) is 0 Å². The third-order valence-corrected chi connectivity index (χ3v) is 13.6. The van der Waals surface area contributed by atoms with Gasteiger partial charge in [0.2, 0.25) is 0 Å². The molecule has 0 aliphatic rings. The van der Waals surface area contributed by atoms with Crippen molar-refractivity contribution in [3.05, 3.63) is 115 Å². The molecule has 4 aromatic rings. The minimum absolute atomic E-state index is 0.239.